The van der Waals surface area contributed by atoms with Crippen molar-refractivity contribution in [2.75, 3.05) is 24.6 Å². The van der Waals surface area contributed by atoms with Gasteiger partial charge < -0.3 is 25.6 Å². The maximum absolute atomic E-state index is 10.1. The normalized spacial score (nSPS) is 28.4. The molecule has 1 spiro atoms. The van der Waals surface area contributed by atoms with Gasteiger partial charge in [0.2, 0.25) is 0 Å². The van der Waals surface area contributed by atoms with Gasteiger partial charge >= 0.3 is 0 Å². The van der Waals surface area contributed by atoms with Gasteiger partial charge in [-0.1, -0.05) is 23.4 Å². The van der Waals surface area contributed by atoms with Gasteiger partial charge in [-0.05, 0) is 45.6 Å². The van der Waals surface area contributed by atoms with Gasteiger partial charge in [0.15, 0.2) is 5.82 Å². The molecule has 2 atom stereocenters. The molecule has 4 N–H and O–H groups in total. The molecule has 0 amide bonds. The summed E-state index contributed by atoms with van der Waals surface area (Å²) in [6, 6.07) is 1.92. The Morgan fingerprint density at radius 2 is 2.03 bits per heavy atom. The Hall–Kier alpha value is -1.49. The van der Waals surface area contributed by atoms with Crippen LogP contribution in [-0.4, -0.2) is 63.1 Å². The summed E-state index contributed by atoms with van der Waals surface area (Å²) in [5.41, 5.74) is 8.68. The van der Waals surface area contributed by atoms with Crippen LogP contribution in [0.3, 0.4) is 0 Å². The summed E-state index contributed by atoms with van der Waals surface area (Å²) in [7, 11) is 0. The van der Waals surface area contributed by atoms with Gasteiger partial charge in [-0.15, -0.1) is 0 Å². The molecule has 4 heterocycles. The lowest BCUT2D eigenvalue weighted by molar-refractivity contribution is 0.0732. The fourth-order valence-electron chi connectivity index (χ4n) is 5.34. The Morgan fingerprint density at radius 3 is 2.65 bits per heavy atom. The van der Waals surface area contributed by atoms with Gasteiger partial charge in [-0.25, -0.2) is 9.97 Å². The van der Waals surface area contributed by atoms with Gasteiger partial charge in [0.25, 0.3) is 0 Å². The van der Waals surface area contributed by atoms with Gasteiger partial charge in [-0.3, -0.25) is 4.98 Å². The molecule has 10 heteroatoms. The van der Waals surface area contributed by atoms with E-state index < -0.39 is 0 Å². The quantitative estimate of drug-likeness (QED) is 0.563. The maximum atomic E-state index is 10.1. The second kappa shape index (κ2) is 9.52. The van der Waals surface area contributed by atoms with Crippen molar-refractivity contribution in [2.45, 2.75) is 80.2 Å². The number of hydrogen-bond acceptors (Lipinski definition) is 9. The smallest absolute Gasteiger partial charge is 0.153 e. The first kappa shape index (κ1) is 24.2. The topological polar surface area (TPSA) is 118 Å². The summed E-state index contributed by atoms with van der Waals surface area (Å²) in [4.78, 5) is 17.2. The fraction of sp³-hybridized carbons (Fsp3) is 0.625. The van der Waals surface area contributed by atoms with E-state index in [9.17, 15) is 10.2 Å². The number of nitrogens with zero attached hydrogens (tertiary/aromatic N) is 4. The molecule has 3 aliphatic rings. The van der Waals surface area contributed by atoms with E-state index in [1.807, 2.05) is 13.0 Å². The molecule has 3 fully saturated rings. The molecule has 0 radical (unpaired) electrons. The van der Waals surface area contributed by atoms with Crippen molar-refractivity contribution in [2.24, 2.45) is 11.1 Å². The molecule has 5 rings (SSSR count). The van der Waals surface area contributed by atoms with E-state index in [4.69, 9.17) is 32.0 Å². The highest BCUT2D eigenvalue weighted by molar-refractivity contribution is 7.99. The molecule has 2 aliphatic heterocycles. The number of aliphatic hydroxyl groups is 2. The van der Waals surface area contributed by atoms with Crippen molar-refractivity contribution < 1.29 is 14.9 Å². The summed E-state index contributed by atoms with van der Waals surface area (Å²) in [6.07, 6.45) is 4.83. The molecule has 184 valence electrons. The van der Waals surface area contributed by atoms with Crippen LogP contribution in [-0.2, 0) is 11.3 Å². The van der Waals surface area contributed by atoms with Crippen LogP contribution < -0.4 is 10.6 Å². The molecule has 2 aromatic heterocycles. The lowest BCUT2D eigenvalue weighted by Crippen LogP contribution is -2.51. The van der Waals surface area contributed by atoms with Crippen LogP contribution in [0.5, 0.6) is 0 Å². The Morgan fingerprint density at radius 1 is 1.29 bits per heavy atom. The predicted molar refractivity (Wildman–Crippen MR) is 131 cm³/mol. The Kier molecular flexibility index (Phi) is 6.78. The summed E-state index contributed by atoms with van der Waals surface area (Å²) >= 11 is 8.12. The third-order valence-electron chi connectivity index (χ3n) is 7.72. The average molecular weight is 506 g/mol. The molecule has 0 aromatic carbocycles. The van der Waals surface area contributed by atoms with Crippen molar-refractivity contribution in [1.82, 2.24) is 15.0 Å². The molecule has 8 nitrogen and oxygen atoms in total. The second-order valence-electron chi connectivity index (χ2n) is 9.87. The van der Waals surface area contributed by atoms with E-state index >= 15 is 0 Å². The monoisotopic (exact) mass is 505 g/mol. The van der Waals surface area contributed by atoms with Crippen LogP contribution in [0.4, 0.5) is 5.82 Å². The summed E-state index contributed by atoms with van der Waals surface area (Å²) in [5, 5.41) is 21.1. The van der Waals surface area contributed by atoms with Crippen LogP contribution in [0.1, 0.15) is 55.6 Å². The minimum Gasteiger partial charge on any atom is -0.393 e. The lowest BCUT2D eigenvalue weighted by atomic mass is 9.73. The Bertz CT molecular complexity index is 1060. The highest BCUT2D eigenvalue weighted by Crippen LogP contribution is 2.44. The standard InChI is InChI=1S/C24H32ClN5O3S/c1-13-23(34-18-3-6-27-20(19(18)25)15-9-16(32)10-15)29-17(11-31)22(28-13)30-7-4-24(5-8-30)12-33-14(2)21(24)26/h3,6,14-16,21,31-32H,4-5,7-12,26H2,1-2H3/t14-,15?,16?,21+/m0/s1. The number of ether oxygens (including phenoxy) is 1. The minimum atomic E-state index is -0.267. The number of anilines is 1. The van der Waals surface area contributed by atoms with Gasteiger partial charge in [0.05, 0.1) is 41.8 Å². The van der Waals surface area contributed by atoms with Gasteiger partial charge in [0, 0.05) is 41.6 Å². The Balaban J connectivity index is 1.34. The summed E-state index contributed by atoms with van der Waals surface area (Å²) < 4.78 is 5.84. The first-order chi connectivity index (χ1) is 16.3. The van der Waals surface area contributed by atoms with E-state index in [2.05, 4.69) is 16.8 Å². The molecular formula is C24H32ClN5O3S. The number of halogens is 1. The van der Waals surface area contributed by atoms with Crippen molar-refractivity contribution in [3.8, 4) is 0 Å². The molecule has 1 aliphatic carbocycles. The molecular weight excluding hydrogens is 474 g/mol. The SMILES string of the molecule is Cc1nc(N2CCC3(CC2)CO[C@@H](C)[C@H]3N)c(CO)nc1Sc1ccnc(C2CC(O)C2)c1Cl. The molecule has 0 unspecified atom stereocenters. The van der Waals surface area contributed by atoms with Crippen LogP contribution in [0.25, 0.3) is 0 Å². The average Bonchev–Trinajstić information content (AvgIpc) is 3.08. The number of aryl methyl sites for hydroxylation is 1. The molecule has 0 bridgehead atoms. The zero-order chi connectivity index (χ0) is 24.0. The van der Waals surface area contributed by atoms with Gasteiger partial charge in [0.1, 0.15) is 10.7 Å². The molecule has 2 saturated heterocycles. The predicted octanol–water partition coefficient (Wildman–Crippen LogP) is 3.05. The third kappa shape index (κ3) is 4.31. The molecule has 2 aromatic rings. The largest absolute Gasteiger partial charge is 0.393 e. The molecule has 34 heavy (non-hydrogen) atoms. The van der Waals surface area contributed by atoms with Crippen molar-refractivity contribution >= 4 is 29.2 Å². The van der Waals surface area contributed by atoms with Crippen molar-refractivity contribution in [3.63, 3.8) is 0 Å². The van der Waals surface area contributed by atoms with E-state index in [1.165, 1.54) is 11.8 Å². The zero-order valence-electron chi connectivity index (χ0n) is 19.6. The number of aliphatic hydroxyl groups excluding tert-OH is 2. The number of piperidine rings is 1. The first-order valence-electron chi connectivity index (χ1n) is 11.9. The van der Waals surface area contributed by atoms with Crippen LogP contribution in [0.15, 0.2) is 22.2 Å². The second-order valence-corrected chi connectivity index (χ2v) is 11.3. The highest BCUT2D eigenvalue weighted by Gasteiger charge is 2.47. The van der Waals surface area contributed by atoms with E-state index in [0.29, 0.717) is 35.2 Å². The van der Waals surface area contributed by atoms with E-state index in [1.54, 1.807) is 6.20 Å². The minimum absolute atomic E-state index is 0.0276. The number of aromatic nitrogens is 3. The van der Waals surface area contributed by atoms with Crippen molar-refractivity contribution in [1.29, 1.82) is 0 Å². The van der Waals surface area contributed by atoms with Crippen LogP contribution >= 0.6 is 23.4 Å². The number of hydrogen-bond donors (Lipinski definition) is 3. The van der Waals surface area contributed by atoms with Crippen LogP contribution in [0.2, 0.25) is 5.02 Å². The highest BCUT2D eigenvalue weighted by atomic mass is 35.5. The number of rotatable bonds is 5. The zero-order valence-corrected chi connectivity index (χ0v) is 21.1. The van der Waals surface area contributed by atoms with E-state index in [-0.39, 0.29) is 36.2 Å². The fourth-order valence-corrected chi connectivity index (χ4v) is 6.60. The summed E-state index contributed by atoms with van der Waals surface area (Å²) in [5.74, 6) is 0.930. The lowest BCUT2D eigenvalue weighted by Gasteiger charge is -2.42. The molecule has 1 saturated carbocycles. The number of nitrogens with two attached hydrogens (primary N) is 1. The van der Waals surface area contributed by atoms with E-state index in [0.717, 1.165) is 48.0 Å². The van der Waals surface area contributed by atoms with Crippen LogP contribution in [0, 0.1) is 12.3 Å². The van der Waals surface area contributed by atoms with Gasteiger partial charge in [-0.2, -0.15) is 0 Å². The first-order valence-corrected chi connectivity index (χ1v) is 13.1. The summed E-state index contributed by atoms with van der Waals surface area (Å²) in [6.45, 7) is 6.13. The Labute approximate surface area is 209 Å². The van der Waals surface area contributed by atoms with Crippen molar-refractivity contribution in [3.05, 3.63) is 34.4 Å². The number of pyridine rings is 1. The third-order valence-corrected chi connectivity index (χ3v) is 9.37. The maximum Gasteiger partial charge on any atom is 0.153 e.